The summed E-state index contributed by atoms with van der Waals surface area (Å²) in [6.45, 7) is 5.55. The Morgan fingerprint density at radius 1 is 1.18 bits per heavy atom. The molecule has 0 aromatic carbocycles. The maximum absolute atomic E-state index is 11.8. The molecule has 0 heterocycles. The second-order valence-electron chi connectivity index (χ2n) is 6.65. The van der Waals surface area contributed by atoms with E-state index in [9.17, 15) is 19.5 Å². The van der Waals surface area contributed by atoms with Crippen LogP contribution in [0.25, 0.3) is 0 Å². The third-order valence-electron chi connectivity index (χ3n) is 3.48. The van der Waals surface area contributed by atoms with Gasteiger partial charge >= 0.3 is 0 Å². The predicted molar refractivity (Wildman–Crippen MR) is 85.3 cm³/mol. The zero-order chi connectivity index (χ0) is 16.8. The molecule has 1 rings (SSSR count). The topological polar surface area (TPSA) is 71.4 Å². The molecule has 0 saturated heterocycles. The number of rotatable bonds is 7. The summed E-state index contributed by atoms with van der Waals surface area (Å²) in [4.78, 5) is 34.5. The second-order valence-corrected chi connectivity index (χ2v) is 6.65. The van der Waals surface area contributed by atoms with Gasteiger partial charge in [-0.05, 0) is 43.2 Å². The average Bonchev–Trinajstić information content (AvgIpc) is 2.44. The normalized spacial score (nSPS) is 17.2. The van der Waals surface area contributed by atoms with Crippen molar-refractivity contribution < 1.29 is 19.5 Å². The summed E-state index contributed by atoms with van der Waals surface area (Å²) in [6, 6.07) is 0. The highest BCUT2D eigenvalue weighted by Gasteiger charge is 2.23. The minimum Gasteiger partial charge on any atom is -0.382 e. The van der Waals surface area contributed by atoms with Crippen molar-refractivity contribution in [3.63, 3.8) is 0 Å². The molecule has 0 atom stereocenters. The lowest BCUT2D eigenvalue weighted by Crippen LogP contribution is -2.26. The van der Waals surface area contributed by atoms with Gasteiger partial charge in [0.2, 0.25) is 0 Å². The molecule has 0 aromatic heterocycles. The lowest BCUT2D eigenvalue weighted by molar-refractivity contribution is -0.121. The molecule has 0 bridgehead atoms. The molecule has 0 amide bonds. The van der Waals surface area contributed by atoms with E-state index in [0.717, 1.165) is 0 Å². The summed E-state index contributed by atoms with van der Waals surface area (Å²) in [5, 5.41) is 10.1. The molecule has 1 N–H and O–H groups in total. The van der Waals surface area contributed by atoms with Crippen LogP contribution in [0.3, 0.4) is 0 Å². The molecule has 0 unspecified atom stereocenters. The van der Waals surface area contributed by atoms with Crippen LogP contribution in [0.2, 0.25) is 0 Å². The third-order valence-corrected chi connectivity index (χ3v) is 3.48. The van der Waals surface area contributed by atoms with Crippen LogP contribution in [0.15, 0.2) is 36.5 Å². The Kier molecular flexibility index (Phi) is 6.18. The molecule has 4 heteroatoms. The van der Waals surface area contributed by atoms with Crippen LogP contribution in [0, 0.1) is 5.41 Å². The van der Waals surface area contributed by atoms with Crippen molar-refractivity contribution in [2.24, 2.45) is 5.41 Å². The Bertz CT molecular complexity index is 514. The first-order chi connectivity index (χ1) is 10.1. The monoisotopic (exact) mass is 304 g/mol. The van der Waals surface area contributed by atoms with E-state index in [1.165, 1.54) is 30.4 Å². The van der Waals surface area contributed by atoms with Crippen molar-refractivity contribution in [1.82, 2.24) is 0 Å². The highest BCUT2D eigenvalue weighted by atomic mass is 16.3. The van der Waals surface area contributed by atoms with Crippen LogP contribution < -0.4 is 0 Å². The zero-order valence-corrected chi connectivity index (χ0v) is 13.5. The number of ketones is 3. The molecule has 0 aromatic rings. The summed E-state index contributed by atoms with van der Waals surface area (Å²) in [6.07, 6.45) is 10.1. The summed E-state index contributed by atoms with van der Waals surface area (Å²) < 4.78 is 0. The highest BCUT2D eigenvalue weighted by Crippen LogP contribution is 2.21. The quantitative estimate of drug-likeness (QED) is 0.734. The van der Waals surface area contributed by atoms with E-state index < -0.39 is 11.0 Å². The van der Waals surface area contributed by atoms with Gasteiger partial charge in [0.15, 0.2) is 11.6 Å². The molecule has 22 heavy (non-hydrogen) atoms. The fourth-order valence-electron chi connectivity index (χ4n) is 1.88. The van der Waals surface area contributed by atoms with E-state index in [2.05, 4.69) is 0 Å². The van der Waals surface area contributed by atoms with Crippen LogP contribution in [-0.4, -0.2) is 28.1 Å². The Labute approximate surface area is 131 Å². The fraction of sp³-hybridized carbons (Fsp3) is 0.500. The van der Waals surface area contributed by atoms with Crippen LogP contribution in [0.5, 0.6) is 0 Å². The van der Waals surface area contributed by atoms with Gasteiger partial charge in [-0.3, -0.25) is 14.4 Å². The van der Waals surface area contributed by atoms with Crippen molar-refractivity contribution in [2.75, 3.05) is 0 Å². The number of Topliss-reactive ketones (excluding diaryl/α,β-unsaturated/α-hetero) is 1. The molecule has 120 valence electrons. The number of carbonyl (C=O) groups is 3. The standard InChI is InChI=1S/C18H24O4/c1-17(2,3)16(21)7-5-4-6-14(19)8-11-18(22)12-9-15(20)10-13-18/h5,7,9-10,12-13,22H,4,6,8,11H2,1-3H3/b7-5+. The molecule has 1 aliphatic rings. The minimum absolute atomic E-state index is 0.0278. The van der Waals surface area contributed by atoms with Gasteiger partial charge in [-0.1, -0.05) is 26.8 Å². The number of hydrogen-bond donors (Lipinski definition) is 1. The number of allylic oxidation sites excluding steroid dienone is 4. The molecule has 0 spiro atoms. The first-order valence-corrected chi connectivity index (χ1v) is 7.50. The van der Waals surface area contributed by atoms with Gasteiger partial charge in [0.1, 0.15) is 11.4 Å². The van der Waals surface area contributed by atoms with Crippen molar-refractivity contribution in [1.29, 1.82) is 0 Å². The van der Waals surface area contributed by atoms with Crippen molar-refractivity contribution in [3.8, 4) is 0 Å². The van der Waals surface area contributed by atoms with E-state index in [-0.39, 0.29) is 30.2 Å². The lowest BCUT2D eigenvalue weighted by atomic mass is 9.90. The largest absolute Gasteiger partial charge is 0.382 e. The zero-order valence-electron chi connectivity index (χ0n) is 13.5. The molecule has 0 radical (unpaired) electrons. The maximum Gasteiger partial charge on any atom is 0.178 e. The minimum atomic E-state index is -1.21. The smallest absolute Gasteiger partial charge is 0.178 e. The van der Waals surface area contributed by atoms with Gasteiger partial charge in [-0.25, -0.2) is 0 Å². The van der Waals surface area contributed by atoms with Gasteiger partial charge in [0.05, 0.1) is 0 Å². The molecular formula is C18H24O4. The molecule has 4 nitrogen and oxygen atoms in total. The van der Waals surface area contributed by atoms with E-state index in [1.54, 1.807) is 6.08 Å². The van der Waals surface area contributed by atoms with Crippen molar-refractivity contribution in [2.45, 2.75) is 52.1 Å². The van der Waals surface area contributed by atoms with Gasteiger partial charge < -0.3 is 5.11 Å². The van der Waals surface area contributed by atoms with E-state index in [0.29, 0.717) is 12.8 Å². The molecule has 0 aliphatic heterocycles. The third kappa shape index (κ3) is 6.31. The van der Waals surface area contributed by atoms with Crippen LogP contribution in [0.1, 0.15) is 46.5 Å². The Balaban J connectivity index is 2.32. The highest BCUT2D eigenvalue weighted by molar-refractivity contribution is 6.00. The lowest BCUT2D eigenvalue weighted by Gasteiger charge is -2.21. The summed E-state index contributed by atoms with van der Waals surface area (Å²) >= 11 is 0. The summed E-state index contributed by atoms with van der Waals surface area (Å²) in [5.41, 5.74) is -1.61. The second kappa shape index (κ2) is 7.45. The van der Waals surface area contributed by atoms with Crippen LogP contribution in [-0.2, 0) is 14.4 Å². The Morgan fingerprint density at radius 3 is 2.32 bits per heavy atom. The van der Waals surface area contributed by atoms with E-state index in [1.807, 2.05) is 20.8 Å². The number of aliphatic hydroxyl groups is 1. The number of carbonyl (C=O) groups excluding carboxylic acids is 3. The Morgan fingerprint density at radius 2 is 1.77 bits per heavy atom. The SMILES string of the molecule is CC(C)(C)C(=O)/C=C/CCC(=O)CCC1(O)C=CC(=O)C=C1. The van der Waals surface area contributed by atoms with Crippen molar-refractivity contribution in [3.05, 3.63) is 36.5 Å². The summed E-state index contributed by atoms with van der Waals surface area (Å²) in [7, 11) is 0. The molecular weight excluding hydrogens is 280 g/mol. The van der Waals surface area contributed by atoms with E-state index in [4.69, 9.17) is 0 Å². The van der Waals surface area contributed by atoms with Gasteiger partial charge in [-0.15, -0.1) is 0 Å². The van der Waals surface area contributed by atoms with Gasteiger partial charge in [-0.2, -0.15) is 0 Å². The van der Waals surface area contributed by atoms with Crippen LogP contribution in [0.4, 0.5) is 0 Å². The molecule has 1 aliphatic carbocycles. The van der Waals surface area contributed by atoms with Gasteiger partial charge in [0, 0.05) is 18.3 Å². The van der Waals surface area contributed by atoms with Gasteiger partial charge in [0.25, 0.3) is 0 Å². The summed E-state index contributed by atoms with van der Waals surface area (Å²) in [5.74, 6) is -0.0963. The Hall–Kier alpha value is -1.81. The van der Waals surface area contributed by atoms with E-state index >= 15 is 0 Å². The molecule has 0 saturated carbocycles. The predicted octanol–water partition coefficient (Wildman–Crippen LogP) is 2.71. The first-order valence-electron chi connectivity index (χ1n) is 7.50. The fourth-order valence-corrected chi connectivity index (χ4v) is 1.88. The van der Waals surface area contributed by atoms with Crippen molar-refractivity contribution >= 4 is 17.3 Å². The van der Waals surface area contributed by atoms with Crippen LogP contribution >= 0.6 is 0 Å². The average molecular weight is 304 g/mol. The maximum atomic E-state index is 11.8. The molecule has 0 fully saturated rings. The first kappa shape index (κ1) is 18.2. The number of hydrogen-bond acceptors (Lipinski definition) is 4.